The van der Waals surface area contributed by atoms with Gasteiger partial charge in [0.1, 0.15) is 0 Å². The molecule has 3 heteroatoms. The van der Waals surface area contributed by atoms with E-state index >= 15 is 0 Å². The van der Waals surface area contributed by atoms with Gasteiger partial charge in [-0.3, -0.25) is 0 Å². The molecular formula is C23H50O2Si. The van der Waals surface area contributed by atoms with E-state index in [-0.39, 0.29) is 0 Å². The van der Waals surface area contributed by atoms with Crippen molar-refractivity contribution in [1.29, 1.82) is 0 Å². The summed E-state index contributed by atoms with van der Waals surface area (Å²) in [6.45, 7) is 13.1. The topological polar surface area (TPSA) is 18.5 Å². The number of hydrogen-bond acceptors (Lipinski definition) is 2. The van der Waals surface area contributed by atoms with Gasteiger partial charge in [0.05, 0.1) is 0 Å². The third-order valence-electron chi connectivity index (χ3n) is 5.77. The van der Waals surface area contributed by atoms with Crippen molar-refractivity contribution in [2.75, 3.05) is 13.2 Å². The molecule has 158 valence electrons. The van der Waals surface area contributed by atoms with Gasteiger partial charge in [0.15, 0.2) is 0 Å². The highest BCUT2D eigenvalue weighted by atomic mass is 28.4. The first-order valence-electron chi connectivity index (χ1n) is 11.9. The predicted molar refractivity (Wildman–Crippen MR) is 119 cm³/mol. The van der Waals surface area contributed by atoms with Crippen LogP contribution in [0.2, 0.25) is 12.1 Å². The van der Waals surface area contributed by atoms with Crippen LogP contribution in [0.3, 0.4) is 0 Å². The second-order valence-corrected chi connectivity index (χ2v) is 12.0. The molecule has 0 amide bonds. The molecule has 0 N–H and O–H groups in total. The Bertz CT molecular complexity index is 279. The monoisotopic (exact) mass is 386 g/mol. The maximum Gasteiger partial charge on any atom is 0.337 e. The molecule has 0 aromatic rings. The van der Waals surface area contributed by atoms with Crippen molar-refractivity contribution in [1.82, 2.24) is 0 Å². The van der Waals surface area contributed by atoms with Gasteiger partial charge in [-0.1, -0.05) is 112 Å². The summed E-state index contributed by atoms with van der Waals surface area (Å²) in [7, 11) is -1.92. The van der Waals surface area contributed by atoms with Crippen molar-refractivity contribution in [2.24, 2.45) is 5.92 Å². The third kappa shape index (κ3) is 14.2. The van der Waals surface area contributed by atoms with Gasteiger partial charge < -0.3 is 8.85 Å². The highest BCUT2D eigenvalue weighted by Gasteiger charge is 2.33. The van der Waals surface area contributed by atoms with E-state index < -0.39 is 8.56 Å². The zero-order chi connectivity index (χ0) is 19.5. The number of rotatable bonds is 20. The molecule has 0 saturated heterocycles. The van der Waals surface area contributed by atoms with Crippen molar-refractivity contribution in [3.63, 3.8) is 0 Å². The first-order chi connectivity index (χ1) is 12.6. The van der Waals surface area contributed by atoms with Gasteiger partial charge in [-0.25, -0.2) is 0 Å². The molecule has 0 fully saturated rings. The molecule has 0 heterocycles. The lowest BCUT2D eigenvalue weighted by atomic mass is 10.1. The van der Waals surface area contributed by atoms with Crippen LogP contribution in [0.25, 0.3) is 0 Å². The number of hydrogen-bond donors (Lipinski definition) is 0. The van der Waals surface area contributed by atoms with Crippen molar-refractivity contribution < 1.29 is 8.85 Å². The van der Waals surface area contributed by atoms with Crippen LogP contribution in [0.1, 0.15) is 118 Å². The molecule has 2 nitrogen and oxygen atoms in total. The van der Waals surface area contributed by atoms with Gasteiger partial charge in [-0.15, -0.1) is 0 Å². The van der Waals surface area contributed by atoms with Gasteiger partial charge in [-0.2, -0.15) is 0 Å². The summed E-state index contributed by atoms with van der Waals surface area (Å²) in [6, 6.07) is 2.16. The maximum absolute atomic E-state index is 6.33. The van der Waals surface area contributed by atoms with Gasteiger partial charge >= 0.3 is 8.56 Å². The second kappa shape index (κ2) is 18.5. The molecule has 0 aromatic carbocycles. The Kier molecular flexibility index (Phi) is 18.6. The Hall–Kier alpha value is 0.137. The summed E-state index contributed by atoms with van der Waals surface area (Å²) >= 11 is 0. The molecule has 0 aromatic heterocycles. The van der Waals surface area contributed by atoms with Crippen LogP contribution in [0.15, 0.2) is 0 Å². The average Bonchev–Trinajstić information content (AvgIpc) is 2.67. The minimum atomic E-state index is -1.92. The van der Waals surface area contributed by atoms with Gasteiger partial charge in [0.2, 0.25) is 0 Å². The molecule has 0 rings (SSSR count). The van der Waals surface area contributed by atoms with E-state index in [4.69, 9.17) is 8.85 Å². The van der Waals surface area contributed by atoms with Crippen molar-refractivity contribution in [3.05, 3.63) is 0 Å². The summed E-state index contributed by atoms with van der Waals surface area (Å²) in [4.78, 5) is 0. The highest BCUT2D eigenvalue weighted by molar-refractivity contribution is 6.67. The van der Waals surface area contributed by atoms with Gasteiger partial charge in [0.25, 0.3) is 0 Å². The van der Waals surface area contributed by atoms with Gasteiger partial charge in [-0.05, 0) is 24.4 Å². The normalized spacial score (nSPS) is 13.3. The van der Waals surface area contributed by atoms with Crippen molar-refractivity contribution in [3.8, 4) is 0 Å². The van der Waals surface area contributed by atoms with Crippen LogP contribution in [0.5, 0.6) is 0 Å². The van der Waals surface area contributed by atoms with Crippen LogP contribution in [-0.4, -0.2) is 21.8 Å². The summed E-state index contributed by atoms with van der Waals surface area (Å²) in [6.07, 6.45) is 17.9. The lowest BCUT2D eigenvalue weighted by Gasteiger charge is -2.30. The smallest absolute Gasteiger partial charge is 0.337 e. The van der Waals surface area contributed by atoms with E-state index in [9.17, 15) is 0 Å². The molecule has 26 heavy (non-hydrogen) atoms. The van der Waals surface area contributed by atoms with Crippen molar-refractivity contribution in [2.45, 2.75) is 130 Å². The molecular weight excluding hydrogens is 336 g/mol. The van der Waals surface area contributed by atoms with Crippen molar-refractivity contribution >= 4 is 8.56 Å². The lowest BCUT2D eigenvalue weighted by Crippen LogP contribution is -2.42. The summed E-state index contributed by atoms with van der Waals surface area (Å²) in [5.41, 5.74) is 0. The predicted octanol–water partition coefficient (Wildman–Crippen LogP) is 8.25. The minimum Gasteiger partial charge on any atom is -0.394 e. The summed E-state index contributed by atoms with van der Waals surface area (Å²) in [5.74, 6) is 0.648. The highest BCUT2D eigenvalue weighted by Crippen LogP contribution is 2.21. The standard InChI is InChI=1S/C23H50O2Si/c1-6-10-11-12-13-14-15-16-17-18-19-20-21-24-26(8-3,9-4)25-22-23(5)7-2/h23H,6-22H2,1-5H3. The second-order valence-electron chi connectivity index (χ2n) is 8.18. The van der Waals surface area contributed by atoms with E-state index in [2.05, 4.69) is 34.6 Å². The molecule has 0 aliphatic heterocycles. The fraction of sp³-hybridized carbons (Fsp3) is 1.00. The van der Waals surface area contributed by atoms with Crippen LogP contribution in [0.4, 0.5) is 0 Å². The Balaban J connectivity index is 3.58. The summed E-state index contributed by atoms with van der Waals surface area (Å²) < 4.78 is 12.6. The Morgan fingerprint density at radius 3 is 1.50 bits per heavy atom. The Labute approximate surface area is 167 Å². The molecule has 0 bridgehead atoms. The fourth-order valence-corrected chi connectivity index (χ4v) is 5.82. The molecule has 0 aliphatic rings. The molecule has 0 saturated carbocycles. The Morgan fingerprint density at radius 1 is 0.615 bits per heavy atom. The maximum atomic E-state index is 6.33. The molecule has 0 radical (unpaired) electrons. The van der Waals surface area contributed by atoms with E-state index in [1.54, 1.807) is 0 Å². The van der Waals surface area contributed by atoms with Crippen LogP contribution in [-0.2, 0) is 8.85 Å². The van der Waals surface area contributed by atoms with Gasteiger partial charge in [0, 0.05) is 13.2 Å². The van der Waals surface area contributed by atoms with E-state index in [0.717, 1.165) is 25.3 Å². The van der Waals surface area contributed by atoms with Crippen LogP contribution >= 0.6 is 0 Å². The molecule has 0 aliphatic carbocycles. The zero-order valence-corrected chi connectivity index (χ0v) is 19.9. The first-order valence-corrected chi connectivity index (χ1v) is 14.1. The lowest BCUT2D eigenvalue weighted by molar-refractivity contribution is 0.145. The summed E-state index contributed by atoms with van der Waals surface area (Å²) in [5, 5.41) is 0. The average molecular weight is 387 g/mol. The van der Waals surface area contributed by atoms with E-state index in [1.165, 1.54) is 83.5 Å². The zero-order valence-electron chi connectivity index (χ0n) is 18.9. The third-order valence-corrected chi connectivity index (χ3v) is 9.35. The van der Waals surface area contributed by atoms with E-state index in [0.29, 0.717) is 5.92 Å². The Morgan fingerprint density at radius 2 is 1.08 bits per heavy atom. The quantitative estimate of drug-likeness (QED) is 0.155. The van der Waals surface area contributed by atoms with E-state index in [1.807, 2.05) is 0 Å². The SMILES string of the molecule is CCCCCCCCCCCCCCO[Si](CC)(CC)OCC(C)CC. The molecule has 1 unspecified atom stereocenters. The molecule has 1 atom stereocenters. The number of unbranched alkanes of at least 4 members (excludes halogenated alkanes) is 11. The van der Waals surface area contributed by atoms with Crippen LogP contribution < -0.4 is 0 Å². The molecule has 0 spiro atoms. The minimum absolute atomic E-state index is 0.648. The van der Waals surface area contributed by atoms with Crippen LogP contribution in [0, 0.1) is 5.92 Å². The largest absolute Gasteiger partial charge is 0.394 e. The fourth-order valence-electron chi connectivity index (χ4n) is 3.31. The first kappa shape index (κ1) is 26.1.